The van der Waals surface area contributed by atoms with Gasteiger partial charge in [-0.1, -0.05) is 31.9 Å². The van der Waals surface area contributed by atoms with E-state index in [1.807, 2.05) is 12.1 Å². The molecule has 2 N–H and O–H groups in total. The van der Waals surface area contributed by atoms with Crippen LogP contribution in [-0.2, 0) is 6.54 Å². The number of fused-ring (bicyclic) bond motifs is 3. The smallest absolute Gasteiger partial charge is 0.407 e. The first-order valence-electron chi connectivity index (χ1n) is 9.17. The average Bonchev–Trinajstić information content (AvgIpc) is 2.94. The molecule has 0 bridgehead atoms. The molecular formula is C20H21Br2N3O3. The molecule has 28 heavy (non-hydrogen) atoms. The fraction of sp³-hybridized carbons (Fsp3) is 0.350. The lowest BCUT2D eigenvalue weighted by Crippen LogP contribution is -2.50. The molecule has 1 fully saturated rings. The Morgan fingerprint density at radius 3 is 1.96 bits per heavy atom. The highest BCUT2D eigenvalue weighted by atomic mass is 79.9. The van der Waals surface area contributed by atoms with Crippen molar-refractivity contribution in [2.45, 2.75) is 12.6 Å². The molecule has 6 nitrogen and oxygen atoms in total. The maximum atomic E-state index is 11.0. The number of hydrogen-bond donors (Lipinski definition) is 2. The van der Waals surface area contributed by atoms with Crippen molar-refractivity contribution >= 4 is 59.8 Å². The first-order chi connectivity index (χ1) is 13.4. The number of β-amino-alcohol motifs (C(OH)–C–C–N with tert-alkyl or cyclic N) is 1. The number of carbonyl (C=O) groups is 1. The molecule has 1 aliphatic rings. The van der Waals surface area contributed by atoms with Crippen LogP contribution in [0.2, 0.25) is 0 Å². The fourth-order valence-corrected chi connectivity index (χ4v) is 4.66. The van der Waals surface area contributed by atoms with Gasteiger partial charge < -0.3 is 19.7 Å². The highest BCUT2D eigenvalue weighted by Gasteiger charge is 2.23. The molecule has 1 aliphatic heterocycles. The average molecular weight is 511 g/mol. The lowest BCUT2D eigenvalue weighted by atomic mass is 10.2. The molecule has 1 aromatic heterocycles. The molecule has 1 unspecified atom stereocenters. The van der Waals surface area contributed by atoms with Gasteiger partial charge >= 0.3 is 6.09 Å². The van der Waals surface area contributed by atoms with Crippen molar-refractivity contribution in [1.82, 2.24) is 14.4 Å². The molecule has 0 radical (unpaired) electrons. The Labute approximate surface area is 179 Å². The number of piperazine rings is 1. The SMILES string of the molecule is O=C(O)N1CCN(CC(O)Cn2c3ccc(Br)cc3c3cc(Br)ccc32)CC1. The largest absolute Gasteiger partial charge is 0.465 e. The van der Waals surface area contributed by atoms with Gasteiger partial charge in [0.2, 0.25) is 0 Å². The lowest BCUT2D eigenvalue weighted by molar-refractivity contribution is 0.0639. The van der Waals surface area contributed by atoms with Crippen molar-refractivity contribution in [2.24, 2.45) is 0 Å². The Balaban J connectivity index is 1.56. The van der Waals surface area contributed by atoms with Gasteiger partial charge in [0.05, 0.1) is 12.6 Å². The highest BCUT2D eigenvalue weighted by molar-refractivity contribution is 9.10. The van der Waals surface area contributed by atoms with Crippen LogP contribution in [-0.4, -0.2) is 69.5 Å². The topological polar surface area (TPSA) is 68.9 Å². The van der Waals surface area contributed by atoms with Gasteiger partial charge in [0.25, 0.3) is 0 Å². The van der Waals surface area contributed by atoms with Crippen molar-refractivity contribution in [2.75, 3.05) is 32.7 Å². The summed E-state index contributed by atoms with van der Waals surface area (Å²) in [7, 11) is 0. The zero-order valence-corrected chi connectivity index (χ0v) is 18.4. The van der Waals surface area contributed by atoms with Gasteiger partial charge in [0, 0.05) is 63.5 Å². The molecule has 1 amide bonds. The van der Waals surface area contributed by atoms with Gasteiger partial charge in [-0.2, -0.15) is 0 Å². The van der Waals surface area contributed by atoms with Crippen molar-refractivity contribution in [3.8, 4) is 0 Å². The molecule has 148 valence electrons. The summed E-state index contributed by atoms with van der Waals surface area (Å²) < 4.78 is 4.22. The van der Waals surface area contributed by atoms with Gasteiger partial charge in [-0.05, 0) is 36.4 Å². The van der Waals surface area contributed by atoms with Gasteiger partial charge in [-0.15, -0.1) is 0 Å². The maximum absolute atomic E-state index is 11.0. The predicted octanol–water partition coefficient (Wildman–Crippen LogP) is 3.98. The van der Waals surface area contributed by atoms with Crippen LogP contribution in [0.4, 0.5) is 4.79 Å². The van der Waals surface area contributed by atoms with Crippen LogP contribution in [0.25, 0.3) is 21.8 Å². The maximum Gasteiger partial charge on any atom is 0.407 e. The summed E-state index contributed by atoms with van der Waals surface area (Å²) in [5, 5.41) is 22.1. The number of halogens is 2. The number of carboxylic acid groups (broad SMARTS) is 1. The van der Waals surface area contributed by atoms with E-state index < -0.39 is 12.2 Å². The third kappa shape index (κ3) is 3.91. The van der Waals surface area contributed by atoms with E-state index in [2.05, 4.69) is 65.6 Å². The molecule has 8 heteroatoms. The molecule has 2 heterocycles. The number of aliphatic hydroxyl groups is 1. The molecule has 3 aromatic rings. The minimum absolute atomic E-state index is 0.486. The molecule has 0 saturated carbocycles. The van der Waals surface area contributed by atoms with E-state index in [1.54, 1.807) is 0 Å². The second-order valence-corrected chi connectivity index (χ2v) is 8.99. The number of hydrogen-bond acceptors (Lipinski definition) is 3. The minimum Gasteiger partial charge on any atom is -0.465 e. The number of aromatic nitrogens is 1. The van der Waals surface area contributed by atoms with Gasteiger partial charge in [-0.3, -0.25) is 4.90 Å². The predicted molar refractivity (Wildman–Crippen MR) is 117 cm³/mol. The fourth-order valence-electron chi connectivity index (χ4n) is 3.93. The van der Waals surface area contributed by atoms with Crippen LogP contribution >= 0.6 is 31.9 Å². The van der Waals surface area contributed by atoms with Crippen molar-refractivity contribution in [1.29, 1.82) is 0 Å². The molecule has 0 aliphatic carbocycles. The number of rotatable bonds is 4. The van der Waals surface area contributed by atoms with Gasteiger partial charge in [0.15, 0.2) is 0 Å². The Bertz CT molecular complexity index is 969. The lowest BCUT2D eigenvalue weighted by Gasteiger charge is -2.34. The first kappa shape index (κ1) is 19.7. The summed E-state index contributed by atoms with van der Waals surface area (Å²) in [6.07, 6.45) is -1.41. The zero-order chi connectivity index (χ0) is 19.8. The normalized spacial score (nSPS) is 16.8. The molecule has 0 spiro atoms. The number of benzene rings is 2. The summed E-state index contributed by atoms with van der Waals surface area (Å²) in [5.74, 6) is 0. The van der Waals surface area contributed by atoms with Crippen LogP contribution < -0.4 is 0 Å². The van der Waals surface area contributed by atoms with Gasteiger partial charge in [-0.25, -0.2) is 4.79 Å². The third-order valence-corrected chi connectivity index (χ3v) is 6.28. The van der Waals surface area contributed by atoms with Crippen LogP contribution in [0.3, 0.4) is 0 Å². The van der Waals surface area contributed by atoms with Crippen LogP contribution in [0.15, 0.2) is 45.3 Å². The molecule has 1 atom stereocenters. The standard InChI is InChI=1S/C20H21Br2N3O3/c21-13-1-3-18-16(9-13)17-10-14(22)2-4-19(17)25(18)12-15(26)11-23-5-7-24(8-6-23)20(27)28/h1-4,9-10,15,26H,5-8,11-12H2,(H,27,28). The first-order valence-corrected chi connectivity index (χ1v) is 10.8. The van der Waals surface area contributed by atoms with E-state index in [-0.39, 0.29) is 0 Å². The second-order valence-electron chi connectivity index (χ2n) is 7.16. The van der Waals surface area contributed by atoms with E-state index in [4.69, 9.17) is 5.11 Å². The Hall–Kier alpha value is -1.61. The van der Waals surface area contributed by atoms with E-state index >= 15 is 0 Å². The van der Waals surface area contributed by atoms with E-state index in [0.717, 1.165) is 30.8 Å². The van der Waals surface area contributed by atoms with Crippen LogP contribution in [0.1, 0.15) is 0 Å². The Morgan fingerprint density at radius 1 is 0.929 bits per heavy atom. The summed E-state index contributed by atoms with van der Waals surface area (Å²) in [6, 6.07) is 12.4. The zero-order valence-electron chi connectivity index (χ0n) is 15.2. The monoisotopic (exact) mass is 509 g/mol. The van der Waals surface area contributed by atoms with E-state index in [9.17, 15) is 9.90 Å². The summed E-state index contributed by atoms with van der Waals surface area (Å²) in [5.41, 5.74) is 2.18. The summed E-state index contributed by atoms with van der Waals surface area (Å²) >= 11 is 7.11. The number of aliphatic hydroxyl groups excluding tert-OH is 1. The van der Waals surface area contributed by atoms with E-state index in [0.29, 0.717) is 39.3 Å². The molecule has 1 saturated heterocycles. The summed E-state index contributed by atoms with van der Waals surface area (Å²) in [4.78, 5) is 14.6. The summed E-state index contributed by atoms with van der Waals surface area (Å²) in [6.45, 7) is 3.29. The number of amides is 1. The minimum atomic E-state index is -0.872. The second kappa shape index (κ2) is 8.02. The van der Waals surface area contributed by atoms with Crippen LogP contribution in [0, 0.1) is 0 Å². The Kier molecular flexibility index (Phi) is 5.64. The molecular weight excluding hydrogens is 490 g/mol. The van der Waals surface area contributed by atoms with Gasteiger partial charge in [0.1, 0.15) is 0 Å². The third-order valence-electron chi connectivity index (χ3n) is 5.29. The van der Waals surface area contributed by atoms with E-state index in [1.165, 1.54) is 4.90 Å². The highest BCUT2D eigenvalue weighted by Crippen LogP contribution is 2.33. The Morgan fingerprint density at radius 2 is 1.46 bits per heavy atom. The van der Waals surface area contributed by atoms with Crippen molar-refractivity contribution in [3.05, 3.63) is 45.3 Å². The van der Waals surface area contributed by atoms with Crippen molar-refractivity contribution < 1.29 is 15.0 Å². The number of nitrogens with zero attached hydrogens (tertiary/aromatic N) is 3. The molecule has 2 aromatic carbocycles. The quantitative estimate of drug-likeness (QED) is 0.557. The van der Waals surface area contributed by atoms with Crippen molar-refractivity contribution in [3.63, 3.8) is 0 Å². The van der Waals surface area contributed by atoms with Crippen LogP contribution in [0.5, 0.6) is 0 Å². The molecule has 4 rings (SSSR count).